The first-order valence-corrected chi connectivity index (χ1v) is 12.5. The van der Waals surface area contributed by atoms with Gasteiger partial charge in [-0.1, -0.05) is 39.0 Å². The van der Waals surface area contributed by atoms with E-state index in [1.54, 1.807) is 29.0 Å². The summed E-state index contributed by atoms with van der Waals surface area (Å²) in [5.74, 6) is -0.732. The van der Waals surface area contributed by atoms with Crippen molar-refractivity contribution < 1.29 is 14.4 Å². The maximum atomic E-state index is 14.1. The first-order chi connectivity index (χ1) is 16.6. The van der Waals surface area contributed by atoms with Crippen molar-refractivity contribution in [3.8, 4) is 0 Å². The first-order valence-electron chi connectivity index (χ1n) is 11.7. The minimum atomic E-state index is -0.624. The summed E-state index contributed by atoms with van der Waals surface area (Å²) in [4.78, 5) is 47.5. The number of amides is 3. The molecular formula is C26H28BrN5O3. The summed E-state index contributed by atoms with van der Waals surface area (Å²) in [6.07, 6.45) is 2.35. The van der Waals surface area contributed by atoms with Crippen LogP contribution >= 0.6 is 15.9 Å². The van der Waals surface area contributed by atoms with E-state index in [0.29, 0.717) is 24.5 Å². The second-order valence-electron chi connectivity index (χ2n) is 10.4. The topological polar surface area (TPSA) is 102 Å². The number of primary amides is 1. The van der Waals surface area contributed by atoms with Crippen molar-refractivity contribution in [1.82, 2.24) is 19.4 Å². The lowest BCUT2D eigenvalue weighted by Gasteiger charge is -2.40. The largest absolute Gasteiger partial charge is 0.364 e. The second kappa shape index (κ2) is 8.48. The summed E-state index contributed by atoms with van der Waals surface area (Å²) in [6, 6.07) is 12.1. The van der Waals surface area contributed by atoms with Crippen LogP contribution in [0.25, 0.3) is 10.9 Å². The SMILES string of the molecule is CC(C)(C)[C@@H](C(=O)N1C[C@@H]2C[C@H]1CN2C(=O)c1ccc(Br)cn1)n1c(C(N)=O)cc2ccccc21. The number of hydrogen-bond donors (Lipinski definition) is 1. The van der Waals surface area contributed by atoms with E-state index in [4.69, 9.17) is 5.73 Å². The molecule has 2 aliphatic heterocycles. The zero-order valence-corrected chi connectivity index (χ0v) is 21.5. The van der Waals surface area contributed by atoms with Crippen LogP contribution < -0.4 is 5.73 Å². The summed E-state index contributed by atoms with van der Waals surface area (Å²) in [7, 11) is 0. The molecule has 2 saturated heterocycles. The summed E-state index contributed by atoms with van der Waals surface area (Å²) in [6.45, 7) is 6.93. The summed E-state index contributed by atoms with van der Waals surface area (Å²) in [5, 5.41) is 0.866. The Morgan fingerprint density at radius 3 is 2.34 bits per heavy atom. The molecule has 2 N–H and O–H groups in total. The predicted octanol–water partition coefficient (Wildman–Crippen LogP) is 3.61. The highest BCUT2D eigenvalue weighted by Gasteiger charge is 2.50. The Kier molecular flexibility index (Phi) is 5.70. The number of aromatic nitrogens is 2. The fraction of sp³-hybridized carbons (Fsp3) is 0.385. The highest BCUT2D eigenvalue weighted by molar-refractivity contribution is 9.10. The van der Waals surface area contributed by atoms with E-state index in [0.717, 1.165) is 21.8 Å². The monoisotopic (exact) mass is 537 g/mol. The molecule has 3 aromatic rings. The van der Waals surface area contributed by atoms with Gasteiger partial charge in [-0.2, -0.15) is 0 Å². The summed E-state index contributed by atoms with van der Waals surface area (Å²) < 4.78 is 2.62. The number of carbonyl (C=O) groups is 3. The van der Waals surface area contributed by atoms with Crippen molar-refractivity contribution >= 4 is 44.6 Å². The van der Waals surface area contributed by atoms with E-state index in [1.165, 1.54) is 0 Å². The highest BCUT2D eigenvalue weighted by atomic mass is 79.9. The lowest BCUT2D eigenvalue weighted by atomic mass is 9.85. The van der Waals surface area contributed by atoms with E-state index in [-0.39, 0.29) is 23.9 Å². The van der Waals surface area contributed by atoms with Crippen molar-refractivity contribution in [3.63, 3.8) is 0 Å². The standard InChI is InChI=1S/C26H28BrN5O3/c1-26(2,3)22(32-20-7-5-4-6-15(20)10-21(32)23(28)33)25(35)31-14-17-11-18(31)13-30(17)24(34)19-9-8-16(27)12-29-19/h4-10,12,17-18,22H,11,13-14H2,1-3H3,(H2,28,33)/t17-,18-,22+/m0/s1. The molecule has 0 unspecified atom stereocenters. The van der Waals surface area contributed by atoms with E-state index in [1.807, 2.05) is 54.8 Å². The number of piperazine rings is 1. The summed E-state index contributed by atoms with van der Waals surface area (Å²) in [5.41, 5.74) is 6.79. The molecular weight excluding hydrogens is 510 g/mol. The molecule has 35 heavy (non-hydrogen) atoms. The minimum absolute atomic E-state index is 0.0530. The Morgan fingerprint density at radius 2 is 1.74 bits per heavy atom. The number of fused-ring (bicyclic) bond motifs is 3. The quantitative estimate of drug-likeness (QED) is 0.549. The molecule has 2 bridgehead atoms. The average Bonchev–Trinajstić information content (AvgIpc) is 3.51. The highest BCUT2D eigenvalue weighted by Crippen LogP contribution is 2.40. The van der Waals surface area contributed by atoms with Gasteiger partial charge < -0.3 is 20.1 Å². The number of nitrogens with two attached hydrogens (primary N) is 1. The van der Waals surface area contributed by atoms with Gasteiger partial charge in [0, 0.05) is 34.7 Å². The number of likely N-dealkylation sites (tertiary alicyclic amines) is 2. The number of rotatable bonds is 4. The maximum absolute atomic E-state index is 14.1. The Bertz CT molecular complexity index is 1330. The lowest BCUT2D eigenvalue weighted by molar-refractivity contribution is -0.140. The third-order valence-electron chi connectivity index (χ3n) is 7.04. The van der Waals surface area contributed by atoms with Gasteiger partial charge in [-0.25, -0.2) is 4.98 Å². The molecule has 2 fully saturated rings. The fourth-order valence-corrected chi connectivity index (χ4v) is 5.74. The normalized spacial score (nSPS) is 20.5. The molecule has 0 spiro atoms. The third-order valence-corrected chi connectivity index (χ3v) is 7.51. The first kappa shape index (κ1) is 23.5. The van der Waals surface area contributed by atoms with Crippen LogP contribution in [-0.4, -0.2) is 62.2 Å². The lowest BCUT2D eigenvalue weighted by Crippen LogP contribution is -2.53. The van der Waals surface area contributed by atoms with Crippen molar-refractivity contribution in [2.24, 2.45) is 11.1 Å². The van der Waals surface area contributed by atoms with Gasteiger partial charge in [0.25, 0.3) is 11.8 Å². The Hall–Kier alpha value is -3.20. The molecule has 0 saturated carbocycles. The number of nitrogens with zero attached hydrogens (tertiary/aromatic N) is 4. The van der Waals surface area contributed by atoms with Crippen LogP contribution in [0.3, 0.4) is 0 Å². The van der Waals surface area contributed by atoms with Gasteiger partial charge >= 0.3 is 0 Å². The molecule has 4 heterocycles. The zero-order valence-electron chi connectivity index (χ0n) is 19.9. The van der Waals surface area contributed by atoms with Gasteiger partial charge in [-0.3, -0.25) is 14.4 Å². The van der Waals surface area contributed by atoms with E-state index >= 15 is 0 Å². The van der Waals surface area contributed by atoms with Crippen molar-refractivity contribution in [1.29, 1.82) is 0 Å². The average molecular weight is 538 g/mol. The number of hydrogen-bond acceptors (Lipinski definition) is 4. The van der Waals surface area contributed by atoms with Gasteiger partial charge in [0.15, 0.2) is 0 Å². The maximum Gasteiger partial charge on any atom is 0.272 e. The molecule has 1 aromatic carbocycles. The number of benzene rings is 1. The third kappa shape index (κ3) is 4.01. The van der Waals surface area contributed by atoms with Crippen LogP contribution in [-0.2, 0) is 4.79 Å². The van der Waals surface area contributed by atoms with Gasteiger partial charge in [0.1, 0.15) is 17.4 Å². The summed E-state index contributed by atoms with van der Waals surface area (Å²) >= 11 is 3.35. The Balaban J connectivity index is 1.45. The molecule has 0 radical (unpaired) electrons. The fourth-order valence-electron chi connectivity index (χ4n) is 5.50. The predicted molar refractivity (Wildman–Crippen MR) is 136 cm³/mol. The Labute approximate surface area is 212 Å². The molecule has 8 nitrogen and oxygen atoms in total. The second-order valence-corrected chi connectivity index (χ2v) is 11.4. The van der Waals surface area contributed by atoms with Crippen LogP contribution in [0.4, 0.5) is 0 Å². The smallest absolute Gasteiger partial charge is 0.272 e. The number of carbonyl (C=O) groups excluding carboxylic acids is 3. The molecule has 0 aliphatic carbocycles. The molecule has 5 rings (SSSR count). The van der Waals surface area contributed by atoms with Gasteiger partial charge in [0.2, 0.25) is 5.91 Å². The van der Waals surface area contributed by atoms with Crippen LogP contribution in [0.2, 0.25) is 0 Å². The molecule has 3 atom stereocenters. The van der Waals surface area contributed by atoms with Crippen LogP contribution in [0.5, 0.6) is 0 Å². The van der Waals surface area contributed by atoms with Gasteiger partial charge in [-0.05, 0) is 52.0 Å². The number of halogens is 1. The van der Waals surface area contributed by atoms with E-state index in [2.05, 4.69) is 20.9 Å². The van der Waals surface area contributed by atoms with Crippen molar-refractivity contribution in [3.05, 3.63) is 64.5 Å². The number of para-hydroxylation sites is 1. The van der Waals surface area contributed by atoms with Gasteiger partial charge in [0.05, 0.1) is 12.1 Å². The van der Waals surface area contributed by atoms with Crippen molar-refractivity contribution in [2.45, 2.75) is 45.3 Å². The molecule has 182 valence electrons. The van der Waals surface area contributed by atoms with Crippen LogP contribution in [0, 0.1) is 5.41 Å². The number of pyridine rings is 1. The van der Waals surface area contributed by atoms with Gasteiger partial charge in [-0.15, -0.1) is 0 Å². The van der Waals surface area contributed by atoms with Crippen molar-refractivity contribution in [2.75, 3.05) is 13.1 Å². The molecule has 2 aromatic heterocycles. The van der Waals surface area contributed by atoms with Crippen LogP contribution in [0.1, 0.15) is 54.2 Å². The molecule has 9 heteroatoms. The van der Waals surface area contributed by atoms with Crippen LogP contribution in [0.15, 0.2) is 53.1 Å². The Morgan fingerprint density at radius 1 is 1.06 bits per heavy atom. The molecule has 3 amide bonds. The van der Waals surface area contributed by atoms with E-state index in [9.17, 15) is 14.4 Å². The van der Waals surface area contributed by atoms with E-state index < -0.39 is 17.4 Å². The zero-order chi connectivity index (χ0) is 25.1. The minimum Gasteiger partial charge on any atom is -0.364 e. The molecule has 2 aliphatic rings.